The molecule has 2 saturated heterocycles. The molecule has 0 saturated carbocycles. The first-order valence-corrected chi connectivity index (χ1v) is 10.1. The zero-order chi connectivity index (χ0) is 20.5. The van der Waals surface area contributed by atoms with Crippen LogP contribution in [-0.2, 0) is 30.3 Å². The van der Waals surface area contributed by atoms with Crippen molar-refractivity contribution >= 4 is 12.3 Å². The van der Waals surface area contributed by atoms with E-state index in [4.69, 9.17) is 18.9 Å². The van der Waals surface area contributed by atoms with Gasteiger partial charge in [-0.05, 0) is 29.3 Å². The van der Waals surface area contributed by atoms with Crippen LogP contribution in [0.5, 0.6) is 0 Å². The molecule has 3 aliphatic rings. The second-order valence-corrected chi connectivity index (χ2v) is 7.76. The number of carbonyl (C=O) groups excluding carboxylic acids is 2. The number of rotatable bonds is 6. The van der Waals surface area contributed by atoms with Crippen LogP contribution in [0.3, 0.4) is 0 Å². The molecule has 2 fully saturated rings. The van der Waals surface area contributed by atoms with Crippen LogP contribution in [-0.4, -0.2) is 43.5 Å². The minimum Gasteiger partial charge on any atom is -0.454 e. The Balaban J connectivity index is 1.40. The number of hydrogen-bond donors (Lipinski definition) is 0. The molecular formula is C24H22O6. The fourth-order valence-corrected chi connectivity index (χ4v) is 4.59. The van der Waals surface area contributed by atoms with Crippen LogP contribution >= 0.6 is 0 Å². The van der Waals surface area contributed by atoms with E-state index < -0.39 is 30.6 Å². The van der Waals surface area contributed by atoms with Crippen molar-refractivity contribution in [2.45, 2.75) is 31.2 Å². The molecule has 0 unspecified atom stereocenters. The van der Waals surface area contributed by atoms with Gasteiger partial charge in [0, 0.05) is 11.8 Å². The van der Waals surface area contributed by atoms with Gasteiger partial charge in [0.25, 0.3) is 0 Å². The highest BCUT2D eigenvalue weighted by molar-refractivity contribution is 5.89. The first-order chi connectivity index (χ1) is 14.7. The largest absolute Gasteiger partial charge is 0.454 e. The summed E-state index contributed by atoms with van der Waals surface area (Å²) in [6.07, 6.45) is 0.328. The molecule has 6 nitrogen and oxygen atoms in total. The average molecular weight is 406 g/mol. The molecule has 0 N–H and O–H groups in total. The summed E-state index contributed by atoms with van der Waals surface area (Å²) in [5.41, 5.74) is 2.52. The smallest absolute Gasteiger partial charge is 0.338 e. The maximum atomic E-state index is 12.7. The van der Waals surface area contributed by atoms with Gasteiger partial charge in [-0.2, -0.15) is 0 Å². The van der Waals surface area contributed by atoms with E-state index in [1.807, 2.05) is 42.5 Å². The van der Waals surface area contributed by atoms with Gasteiger partial charge in [0.05, 0.1) is 24.9 Å². The molecule has 2 heterocycles. The molecule has 2 aromatic carbocycles. The van der Waals surface area contributed by atoms with E-state index in [9.17, 15) is 9.59 Å². The Kier molecular flexibility index (Phi) is 5.21. The lowest BCUT2D eigenvalue weighted by Crippen LogP contribution is -2.54. The molecule has 30 heavy (non-hydrogen) atoms. The van der Waals surface area contributed by atoms with Crippen LogP contribution < -0.4 is 0 Å². The van der Waals surface area contributed by atoms with Crippen LogP contribution in [0.2, 0.25) is 0 Å². The Morgan fingerprint density at radius 3 is 2.53 bits per heavy atom. The Morgan fingerprint density at radius 2 is 1.80 bits per heavy atom. The van der Waals surface area contributed by atoms with Crippen molar-refractivity contribution < 1.29 is 28.5 Å². The lowest BCUT2D eigenvalue weighted by Gasteiger charge is -2.41. The van der Waals surface area contributed by atoms with Gasteiger partial charge in [0.1, 0.15) is 12.2 Å². The van der Waals surface area contributed by atoms with Gasteiger partial charge in [-0.25, -0.2) is 4.79 Å². The van der Waals surface area contributed by atoms with Gasteiger partial charge < -0.3 is 23.7 Å². The lowest BCUT2D eigenvalue weighted by atomic mass is 9.81. The first kappa shape index (κ1) is 19.2. The zero-order valence-electron chi connectivity index (χ0n) is 16.3. The molecule has 0 spiro atoms. The molecule has 0 bridgehead atoms. The van der Waals surface area contributed by atoms with Gasteiger partial charge in [0.15, 0.2) is 12.6 Å². The van der Waals surface area contributed by atoms with Gasteiger partial charge in [-0.3, -0.25) is 0 Å². The number of ether oxygens (including phenoxy) is 4. The number of benzene rings is 2. The van der Waals surface area contributed by atoms with E-state index in [0.29, 0.717) is 18.8 Å². The van der Waals surface area contributed by atoms with Crippen LogP contribution in [0.1, 0.15) is 15.9 Å². The quantitative estimate of drug-likeness (QED) is 0.417. The Bertz CT molecular complexity index is 941. The third-order valence-corrected chi connectivity index (χ3v) is 5.97. The predicted octanol–water partition coefficient (Wildman–Crippen LogP) is 2.92. The zero-order valence-corrected chi connectivity index (χ0v) is 16.3. The summed E-state index contributed by atoms with van der Waals surface area (Å²) in [5, 5.41) is 0. The average Bonchev–Trinajstić information content (AvgIpc) is 3.36. The Labute approximate surface area is 174 Å². The molecular weight excluding hydrogens is 384 g/mol. The van der Waals surface area contributed by atoms with E-state index in [0.717, 1.165) is 17.4 Å². The highest BCUT2D eigenvalue weighted by Gasteiger charge is 2.57. The van der Waals surface area contributed by atoms with Crippen LogP contribution in [0.25, 0.3) is 0 Å². The molecule has 0 amide bonds. The molecule has 154 valence electrons. The van der Waals surface area contributed by atoms with E-state index in [-0.39, 0.29) is 11.8 Å². The van der Waals surface area contributed by atoms with Crippen molar-refractivity contribution in [3.05, 3.63) is 83.4 Å². The normalized spacial score (nSPS) is 31.7. The Hall–Kier alpha value is -2.80. The number of aldehydes is 1. The molecule has 0 radical (unpaired) electrons. The maximum absolute atomic E-state index is 12.7. The van der Waals surface area contributed by atoms with E-state index in [1.54, 1.807) is 24.3 Å². The summed E-state index contributed by atoms with van der Waals surface area (Å²) >= 11 is 0. The molecule has 2 aliphatic heterocycles. The maximum Gasteiger partial charge on any atom is 0.338 e. The summed E-state index contributed by atoms with van der Waals surface area (Å²) < 4.78 is 23.7. The van der Waals surface area contributed by atoms with E-state index in [1.165, 1.54) is 0 Å². The molecule has 6 heteroatoms. The third kappa shape index (κ3) is 3.47. The standard InChI is InChI=1S/C24H22O6/c25-12-19-22(27-13-15-7-3-1-4-8-15)21-18(11-17-14-28-24(30-19)20(17)21)29-23(26)16-9-5-2-6-10-16/h1-12,18-22,24H,13-14H2/t18-,19-,20+,21-,22+,24-/m0/s1. The van der Waals surface area contributed by atoms with E-state index >= 15 is 0 Å². The number of hydrogen-bond acceptors (Lipinski definition) is 6. The monoisotopic (exact) mass is 406 g/mol. The highest BCUT2D eigenvalue weighted by Crippen LogP contribution is 2.49. The predicted molar refractivity (Wildman–Crippen MR) is 106 cm³/mol. The van der Waals surface area contributed by atoms with Crippen molar-refractivity contribution in [2.75, 3.05) is 6.61 Å². The topological polar surface area (TPSA) is 71.1 Å². The lowest BCUT2D eigenvalue weighted by molar-refractivity contribution is -0.245. The summed E-state index contributed by atoms with van der Waals surface area (Å²) in [4.78, 5) is 24.5. The van der Waals surface area contributed by atoms with Crippen LogP contribution in [0, 0.1) is 11.8 Å². The SMILES string of the molecule is O=C[C@@H]1O[C@@H]2OCC3=C[C@H](OC(=O)c4ccccc4)[C@H]([C@@H]1OCc1ccccc1)[C@@H]32. The van der Waals surface area contributed by atoms with Crippen molar-refractivity contribution in [3.8, 4) is 0 Å². The third-order valence-electron chi connectivity index (χ3n) is 5.97. The fourth-order valence-electron chi connectivity index (χ4n) is 4.59. The van der Waals surface area contributed by atoms with Crippen LogP contribution in [0.4, 0.5) is 0 Å². The minimum atomic E-state index is -0.788. The molecule has 0 aromatic heterocycles. The van der Waals surface area contributed by atoms with Crippen molar-refractivity contribution in [3.63, 3.8) is 0 Å². The van der Waals surface area contributed by atoms with Gasteiger partial charge >= 0.3 is 5.97 Å². The molecule has 1 aliphatic carbocycles. The summed E-state index contributed by atoms with van der Waals surface area (Å²) in [5.74, 6) is -0.728. The number of carbonyl (C=O) groups is 2. The van der Waals surface area contributed by atoms with Gasteiger partial charge in [0.2, 0.25) is 0 Å². The second kappa shape index (κ2) is 8.14. The van der Waals surface area contributed by atoms with Gasteiger partial charge in [-0.15, -0.1) is 0 Å². The van der Waals surface area contributed by atoms with Gasteiger partial charge in [-0.1, -0.05) is 48.5 Å². The fraction of sp³-hybridized carbons (Fsp3) is 0.333. The molecule has 2 aromatic rings. The minimum absolute atomic E-state index is 0.0875. The number of esters is 1. The van der Waals surface area contributed by atoms with E-state index in [2.05, 4.69) is 0 Å². The van der Waals surface area contributed by atoms with Crippen molar-refractivity contribution in [1.82, 2.24) is 0 Å². The summed E-state index contributed by atoms with van der Waals surface area (Å²) in [7, 11) is 0. The highest BCUT2D eigenvalue weighted by atomic mass is 16.7. The molecule has 6 atom stereocenters. The summed E-state index contributed by atoms with van der Waals surface area (Å²) in [6.45, 7) is 0.741. The Morgan fingerprint density at radius 1 is 1.07 bits per heavy atom. The van der Waals surface area contributed by atoms with Crippen molar-refractivity contribution in [2.24, 2.45) is 11.8 Å². The summed E-state index contributed by atoms with van der Waals surface area (Å²) in [6, 6.07) is 18.6. The second-order valence-electron chi connectivity index (χ2n) is 7.76. The van der Waals surface area contributed by atoms with Crippen LogP contribution in [0.15, 0.2) is 72.3 Å². The van der Waals surface area contributed by atoms with Crippen molar-refractivity contribution in [1.29, 1.82) is 0 Å². The molecule has 5 rings (SSSR count). The first-order valence-electron chi connectivity index (χ1n) is 10.1.